The number of carbonyl (C=O) groups excluding carboxylic acids is 2. The third-order valence-electron chi connectivity index (χ3n) is 4.00. The summed E-state index contributed by atoms with van der Waals surface area (Å²) in [5, 5.41) is 6.18. The largest absolute Gasteiger partial charge is 0.444 e. The molecule has 138 valence electrons. The molecular formula is C18H26ClN3O3. The normalized spacial score (nSPS) is 21.0. The van der Waals surface area contributed by atoms with Gasteiger partial charge < -0.3 is 15.4 Å². The maximum Gasteiger partial charge on any atom is 0.408 e. The van der Waals surface area contributed by atoms with E-state index in [0.717, 1.165) is 18.5 Å². The molecule has 7 heteroatoms. The molecule has 0 aliphatic carbocycles. The lowest BCUT2D eigenvalue weighted by molar-refractivity contribution is -0.121. The highest BCUT2D eigenvalue weighted by Crippen LogP contribution is 2.31. The third-order valence-corrected chi connectivity index (χ3v) is 4.25. The van der Waals surface area contributed by atoms with Crippen molar-refractivity contribution in [1.82, 2.24) is 15.5 Å². The van der Waals surface area contributed by atoms with Crippen LogP contribution in [0.1, 0.15) is 38.8 Å². The first-order valence-electron chi connectivity index (χ1n) is 8.37. The summed E-state index contributed by atoms with van der Waals surface area (Å²) in [5.41, 5.74) is 0.517. The number of hydrogen-bond acceptors (Lipinski definition) is 4. The monoisotopic (exact) mass is 367 g/mol. The molecule has 2 amide bonds. The first kappa shape index (κ1) is 19.5. The highest BCUT2D eigenvalue weighted by Gasteiger charge is 2.34. The van der Waals surface area contributed by atoms with Crippen LogP contribution in [0.5, 0.6) is 0 Å². The van der Waals surface area contributed by atoms with Crippen molar-refractivity contribution >= 4 is 23.6 Å². The van der Waals surface area contributed by atoms with E-state index in [9.17, 15) is 9.59 Å². The van der Waals surface area contributed by atoms with Crippen molar-refractivity contribution in [2.75, 3.05) is 20.1 Å². The molecule has 0 saturated carbocycles. The van der Waals surface area contributed by atoms with Crippen LogP contribution >= 0.6 is 11.6 Å². The molecule has 0 bridgehead atoms. The summed E-state index contributed by atoms with van der Waals surface area (Å²) in [4.78, 5) is 26.0. The Bertz CT molecular complexity index is 613. The van der Waals surface area contributed by atoms with Crippen LogP contribution in [-0.4, -0.2) is 48.7 Å². The van der Waals surface area contributed by atoms with Gasteiger partial charge in [0.15, 0.2) is 0 Å². The second-order valence-electron chi connectivity index (χ2n) is 7.30. The minimum Gasteiger partial charge on any atom is -0.444 e. The molecule has 0 spiro atoms. The fraction of sp³-hybridized carbons (Fsp3) is 0.556. The lowest BCUT2D eigenvalue weighted by Gasteiger charge is -2.26. The Morgan fingerprint density at radius 3 is 2.52 bits per heavy atom. The van der Waals surface area contributed by atoms with Crippen molar-refractivity contribution in [2.24, 2.45) is 0 Å². The Morgan fingerprint density at radius 1 is 1.28 bits per heavy atom. The molecule has 1 aromatic carbocycles. The molecule has 1 aliphatic rings. The summed E-state index contributed by atoms with van der Waals surface area (Å²) < 4.78 is 5.13. The molecule has 1 aromatic rings. The molecule has 25 heavy (non-hydrogen) atoms. The van der Waals surface area contributed by atoms with E-state index < -0.39 is 11.7 Å². The Hall–Kier alpha value is -1.79. The van der Waals surface area contributed by atoms with Crippen LogP contribution in [0.2, 0.25) is 5.02 Å². The highest BCUT2D eigenvalue weighted by atomic mass is 35.5. The number of likely N-dealkylation sites (N-methyl/N-ethyl adjacent to an activating group) is 1. The predicted octanol–water partition coefficient (Wildman–Crippen LogP) is 2.73. The van der Waals surface area contributed by atoms with Gasteiger partial charge in [-0.05, 0) is 51.9 Å². The van der Waals surface area contributed by atoms with Gasteiger partial charge in [0, 0.05) is 17.6 Å². The van der Waals surface area contributed by atoms with Gasteiger partial charge in [-0.25, -0.2) is 4.79 Å². The van der Waals surface area contributed by atoms with E-state index in [2.05, 4.69) is 15.5 Å². The smallest absolute Gasteiger partial charge is 0.408 e. The molecular weight excluding hydrogens is 342 g/mol. The van der Waals surface area contributed by atoms with Gasteiger partial charge in [-0.1, -0.05) is 23.7 Å². The van der Waals surface area contributed by atoms with Gasteiger partial charge in [0.25, 0.3) is 0 Å². The topological polar surface area (TPSA) is 70.7 Å². The van der Waals surface area contributed by atoms with Crippen molar-refractivity contribution in [2.45, 2.75) is 44.9 Å². The predicted molar refractivity (Wildman–Crippen MR) is 97.6 cm³/mol. The van der Waals surface area contributed by atoms with Gasteiger partial charge >= 0.3 is 6.09 Å². The molecule has 2 N–H and O–H groups in total. The van der Waals surface area contributed by atoms with Crippen LogP contribution in [0.15, 0.2) is 24.3 Å². The van der Waals surface area contributed by atoms with Crippen molar-refractivity contribution in [1.29, 1.82) is 0 Å². The van der Waals surface area contributed by atoms with E-state index in [4.69, 9.17) is 16.3 Å². The number of carbonyl (C=O) groups is 2. The highest BCUT2D eigenvalue weighted by molar-refractivity contribution is 6.30. The number of alkyl carbamates (subject to hydrolysis) is 1. The Labute approximate surface area is 153 Å². The number of likely N-dealkylation sites (tertiary alicyclic amines) is 1. The molecule has 0 radical (unpaired) electrons. The van der Waals surface area contributed by atoms with Crippen LogP contribution in [-0.2, 0) is 9.53 Å². The first-order chi connectivity index (χ1) is 11.7. The zero-order valence-corrected chi connectivity index (χ0v) is 15.9. The average Bonchev–Trinajstić information content (AvgIpc) is 2.85. The number of hydrogen-bond donors (Lipinski definition) is 2. The molecule has 2 rings (SSSR count). The number of ether oxygens (including phenoxy) is 1. The number of nitrogens with zero attached hydrogens (tertiary/aromatic N) is 1. The molecule has 6 nitrogen and oxygen atoms in total. The number of benzene rings is 1. The fourth-order valence-corrected chi connectivity index (χ4v) is 3.10. The summed E-state index contributed by atoms with van der Waals surface area (Å²) in [6.07, 6.45) is 0.252. The second kappa shape index (κ2) is 8.06. The average molecular weight is 368 g/mol. The van der Waals surface area contributed by atoms with Crippen LogP contribution in [0.3, 0.4) is 0 Å². The number of rotatable bonds is 4. The number of nitrogens with one attached hydrogen (secondary N) is 2. The van der Waals surface area contributed by atoms with Crippen LogP contribution in [0.4, 0.5) is 4.79 Å². The molecule has 1 aliphatic heterocycles. The van der Waals surface area contributed by atoms with Gasteiger partial charge in [0.1, 0.15) is 12.1 Å². The standard InChI is InChI=1S/C18H26ClN3O3/c1-18(2,3)25-17(24)20-11-15(23)21-14-9-10-22(4)16(14)12-5-7-13(19)8-6-12/h5-8,14,16H,9-11H2,1-4H3,(H,20,24)(H,21,23)/t14-,16+/m1/s1. The minimum absolute atomic E-state index is 0.0147. The lowest BCUT2D eigenvalue weighted by atomic mass is 10.0. The van der Waals surface area contributed by atoms with Gasteiger partial charge in [-0.3, -0.25) is 9.69 Å². The van der Waals surface area contributed by atoms with Crippen LogP contribution in [0.25, 0.3) is 0 Å². The van der Waals surface area contributed by atoms with Gasteiger partial charge in [0.05, 0.1) is 6.04 Å². The number of halogens is 1. The number of amides is 2. The maximum absolute atomic E-state index is 12.2. The lowest BCUT2D eigenvalue weighted by Crippen LogP contribution is -2.45. The van der Waals surface area contributed by atoms with Crippen LogP contribution < -0.4 is 10.6 Å². The minimum atomic E-state index is -0.597. The van der Waals surface area contributed by atoms with E-state index >= 15 is 0 Å². The fourth-order valence-electron chi connectivity index (χ4n) is 2.97. The van der Waals surface area contributed by atoms with Gasteiger partial charge in [-0.15, -0.1) is 0 Å². The van der Waals surface area contributed by atoms with E-state index in [1.165, 1.54) is 0 Å². The summed E-state index contributed by atoms with van der Waals surface area (Å²) in [6.45, 7) is 6.10. The summed E-state index contributed by atoms with van der Waals surface area (Å²) in [6, 6.07) is 7.74. The van der Waals surface area contributed by atoms with Crippen molar-refractivity contribution < 1.29 is 14.3 Å². The van der Waals surface area contributed by atoms with E-state index in [0.29, 0.717) is 5.02 Å². The second-order valence-corrected chi connectivity index (χ2v) is 7.73. The van der Waals surface area contributed by atoms with Crippen molar-refractivity contribution in [3.05, 3.63) is 34.9 Å². The van der Waals surface area contributed by atoms with Gasteiger partial charge in [-0.2, -0.15) is 0 Å². The van der Waals surface area contributed by atoms with E-state index in [1.807, 2.05) is 31.3 Å². The summed E-state index contributed by atoms with van der Waals surface area (Å²) in [7, 11) is 2.03. The summed E-state index contributed by atoms with van der Waals surface area (Å²) >= 11 is 5.96. The molecule has 1 fully saturated rings. The zero-order valence-electron chi connectivity index (χ0n) is 15.1. The zero-order chi connectivity index (χ0) is 18.6. The molecule has 1 heterocycles. The van der Waals surface area contributed by atoms with Crippen LogP contribution in [0, 0.1) is 0 Å². The molecule has 1 saturated heterocycles. The Morgan fingerprint density at radius 2 is 1.92 bits per heavy atom. The van der Waals surface area contributed by atoms with E-state index in [-0.39, 0.29) is 24.5 Å². The molecule has 2 atom stereocenters. The van der Waals surface area contributed by atoms with Crippen molar-refractivity contribution in [3.8, 4) is 0 Å². The maximum atomic E-state index is 12.2. The quantitative estimate of drug-likeness (QED) is 0.858. The SMILES string of the molecule is CN1CC[C@@H](NC(=O)CNC(=O)OC(C)(C)C)[C@@H]1c1ccc(Cl)cc1. The Kier molecular flexibility index (Phi) is 6.30. The van der Waals surface area contributed by atoms with Gasteiger partial charge in [0.2, 0.25) is 5.91 Å². The van der Waals surface area contributed by atoms with Crippen molar-refractivity contribution in [3.63, 3.8) is 0 Å². The summed E-state index contributed by atoms with van der Waals surface area (Å²) in [5.74, 6) is -0.231. The Balaban J connectivity index is 1.90. The molecule has 0 unspecified atom stereocenters. The molecule has 0 aromatic heterocycles. The van der Waals surface area contributed by atoms with E-state index in [1.54, 1.807) is 20.8 Å². The third kappa shape index (κ3) is 5.90. The first-order valence-corrected chi connectivity index (χ1v) is 8.75.